The van der Waals surface area contributed by atoms with Crippen LogP contribution < -0.4 is 0 Å². The number of hydrogen-bond acceptors (Lipinski definition) is 8. The lowest BCUT2D eigenvalue weighted by Gasteiger charge is -2.34. The SMILES string of the molecule is COC(=O)c1ccc(/C=C(\C)C2C[C@@H]3O[C@]3(C)CCCC(C)[C@H](O)[C@@H](C)C(=O)C(C)(C)[C@@H](O)CC(=O)O2)cc1. The molecule has 39 heavy (non-hydrogen) atoms. The van der Waals surface area contributed by atoms with E-state index >= 15 is 0 Å². The lowest BCUT2D eigenvalue weighted by atomic mass is 9.73. The van der Waals surface area contributed by atoms with Crippen molar-refractivity contribution in [3.8, 4) is 0 Å². The van der Waals surface area contributed by atoms with Gasteiger partial charge in [-0.3, -0.25) is 9.59 Å². The third kappa shape index (κ3) is 7.35. The van der Waals surface area contributed by atoms with Crippen LogP contribution in [0.4, 0.5) is 0 Å². The number of rotatable bonds is 3. The van der Waals surface area contributed by atoms with E-state index < -0.39 is 41.6 Å². The van der Waals surface area contributed by atoms with Crippen LogP contribution in [0.2, 0.25) is 0 Å². The first kappa shape index (κ1) is 31.0. The summed E-state index contributed by atoms with van der Waals surface area (Å²) in [5.74, 6) is -2.10. The monoisotopic (exact) mass is 544 g/mol. The smallest absolute Gasteiger partial charge is 0.337 e. The van der Waals surface area contributed by atoms with E-state index in [0.29, 0.717) is 12.0 Å². The molecular weight excluding hydrogens is 500 g/mol. The molecule has 8 heteroatoms. The largest absolute Gasteiger partial charge is 0.465 e. The number of Topliss-reactive ketones (excluding diaryl/α,β-unsaturated/α-hetero) is 1. The van der Waals surface area contributed by atoms with Crippen LogP contribution in [0.1, 0.15) is 89.6 Å². The predicted octanol–water partition coefficient (Wildman–Crippen LogP) is 4.50. The third-order valence-corrected chi connectivity index (χ3v) is 8.64. The highest BCUT2D eigenvalue weighted by Gasteiger charge is 2.53. The van der Waals surface area contributed by atoms with Crippen LogP contribution >= 0.6 is 0 Å². The number of fused-ring (bicyclic) bond motifs is 1. The summed E-state index contributed by atoms with van der Waals surface area (Å²) in [5.41, 5.74) is 0.473. The summed E-state index contributed by atoms with van der Waals surface area (Å²) in [6.07, 6.45) is 1.55. The van der Waals surface area contributed by atoms with Gasteiger partial charge in [0.2, 0.25) is 0 Å². The zero-order valence-corrected chi connectivity index (χ0v) is 24.2. The second-order valence-corrected chi connectivity index (χ2v) is 12.1. The molecule has 216 valence electrons. The van der Waals surface area contributed by atoms with Crippen LogP contribution in [-0.4, -0.2) is 65.1 Å². The van der Waals surface area contributed by atoms with Gasteiger partial charge in [-0.15, -0.1) is 0 Å². The Morgan fingerprint density at radius 3 is 2.36 bits per heavy atom. The van der Waals surface area contributed by atoms with Crippen molar-refractivity contribution in [2.24, 2.45) is 17.3 Å². The van der Waals surface area contributed by atoms with Gasteiger partial charge in [0.15, 0.2) is 0 Å². The Kier molecular flexibility index (Phi) is 9.78. The number of epoxide rings is 1. The highest BCUT2D eigenvalue weighted by Crippen LogP contribution is 2.45. The molecule has 2 N–H and O–H groups in total. The summed E-state index contributed by atoms with van der Waals surface area (Å²) < 4.78 is 16.7. The van der Waals surface area contributed by atoms with Crippen LogP contribution in [0, 0.1) is 17.3 Å². The number of ketones is 1. The lowest BCUT2D eigenvalue weighted by molar-refractivity contribution is -0.154. The van der Waals surface area contributed by atoms with Crippen molar-refractivity contribution >= 4 is 23.8 Å². The number of benzene rings is 1. The summed E-state index contributed by atoms with van der Waals surface area (Å²) in [4.78, 5) is 38.1. The summed E-state index contributed by atoms with van der Waals surface area (Å²) in [5, 5.41) is 21.8. The van der Waals surface area contributed by atoms with Crippen LogP contribution in [0.15, 0.2) is 29.8 Å². The molecule has 2 heterocycles. The van der Waals surface area contributed by atoms with Crippen molar-refractivity contribution in [3.63, 3.8) is 0 Å². The molecule has 2 aliphatic heterocycles. The number of ether oxygens (including phenoxy) is 3. The molecule has 0 aliphatic carbocycles. The van der Waals surface area contributed by atoms with E-state index in [1.54, 1.807) is 45.0 Å². The molecule has 1 aromatic rings. The van der Waals surface area contributed by atoms with Gasteiger partial charge in [-0.05, 0) is 55.9 Å². The molecule has 1 aromatic carbocycles. The normalized spacial score (nSPS) is 34.5. The Hall–Kier alpha value is -2.55. The number of aliphatic hydroxyl groups is 2. The lowest BCUT2D eigenvalue weighted by Crippen LogP contribution is -2.45. The van der Waals surface area contributed by atoms with Crippen molar-refractivity contribution in [2.75, 3.05) is 7.11 Å². The molecule has 0 aromatic heterocycles. The molecule has 2 unspecified atom stereocenters. The Balaban J connectivity index is 1.86. The Morgan fingerprint density at radius 1 is 1.10 bits per heavy atom. The standard InChI is InChI=1S/C31H44O8/c1-18-9-8-14-31(6)25(39-31)16-23(19(2)15-21-10-12-22(13-11-21)29(36)37-7)38-26(33)17-24(32)30(4,5)28(35)20(3)27(18)34/h10-13,15,18,20,23-25,27,32,34H,8-9,14,16-17H2,1-7H3/b19-15+/t18?,20-,23?,24+,25+,27+,31-/m1/s1. The first-order valence-electron chi connectivity index (χ1n) is 13.8. The van der Waals surface area contributed by atoms with Gasteiger partial charge in [0.25, 0.3) is 0 Å². The Bertz CT molecular complexity index is 1070. The third-order valence-electron chi connectivity index (χ3n) is 8.64. The minimum atomic E-state index is -1.27. The average Bonchev–Trinajstić information content (AvgIpc) is 3.54. The molecule has 0 radical (unpaired) electrons. The molecule has 8 nitrogen and oxygen atoms in total. The Morgan fingerprint density at radius 2 is 1.74 bits per heavy atom. The van der Waals surface area contributed by atoms with E-state index in [0.717, 1.165) is 30.4 Å². The van der Waals surface area contributed by atoms with Gasteiger partial charge >= 0.3 is 11.9 Å². The van der Waals surface area contributed by atoms with Crippen molar-refractivity contribution in [2.45, 2.75) is 104 Å². The van der Waals surface area contributed by atoms with Gasteiger partial charge in [0.1, 0.15) is 11.9 Å². The summed E-state index contributed by atoms with van der Waals surface area (Å²) in [7, 11) is 1.33. The summed E-state index contributed by atoms with van der Waals surface area (Å²) >= 11 is 0. The topological polar surface area (TPSA) is 123 Å². The minimum absolute atomic E-state index is 0.0981. The Labute approximate surface area is 231 Å². The minimum Gasteiger partial charge on any atom is -0.465 e. The second-order valence-electron chi connectivity index (χ2n) is 12.1. The van der Waals surface area contributed by atoms with Crippen molar-refractivity contribution in [1.82, 2.24) is 0 Å². The zero-order valence-electron chi connectivity index (χ0n) is 24.2. The fraction of sp³-hybridized carbons (Fsp3) is 0.645. The van der Waals surface area contributed by atoms with E-state index in [4.69, 9.17) is 14.2 Å². The predicted molar refractivity (Wildman–Crippen MR) is 147 cm³/mol. The van der Waals surface area contributed by atoms with E-state index in [-0.39, 0.29) is 29.8 Å². The highest BCUT2D eigenvalue weighted by atomic mass is 16.6. The number of carbonyl (C=O) groups excluding carboxylic acids is 3. The molecule has 2 aliphatic rings. The molecular formula is C31H44O8. The molecule has 2 saturated heterocycles. The van der Waals surface area contributed by atoms with Gasteiger partial charge in [0, 0.05) is 12.3 Å². The fourth-order valence-corrected chi connectivity index (χ4v) is 5.48. The number of aliphatic hydroxyl groups excluding tert-OH is 2. The van der Waals surface area contributed by atoms with Gasteiger partial charge < -0.3 is 24.4 Å². The molecule has 0 spiro atoms. The van der Waals surface area contributed by atoms with Gasteiger partial charge in [-0.25, -0.2) is 4.79 Å². The van der Waals surface area contributed by atoms with Gasteiger partial charge in [-0.1, -0.05) is 52.3 Å². The van der Waals surface area contributed by atoms with E-state index in [1.165, 1.54) is 7.11 Å². The van der Waals surface area contributed by atoms with Crippen molar-refractivity contribution in [3.05, 3.63) is 41.0 Å². The van der Waals surface area contributed by atoms with E-state index in [1.807, 2.05) is 26.8 Å². The number of carbonyl (C=O) groups is 3. The van der Waals surface area contributed by atoms with Crippen LogP contribution in [0.3, 0.4) is 0 Å². The summed E-state index contributed by atoms with van der Waals surface area (Å²) in [6.45, 7) is 10.8. The van der Waals surface area contributed by atoms with E-state index in [2.05, 4.69) is 0 Å². The quantitative estimate of drug-likeness (QED) is 0.421. The number of cyclic esters (lactones) is 1. The average molecular weight is 545 g/mol. The number of esters is 2. The second kappa shape index (κ2) is 12.3. The molecule has 0 amide bonds. The fourth-order valence-electron chi connectivity index (χ4n) is 5.48. The van der Waals surface area contributed by atoms with Crippen LogP contribution in [0.25, 0.3) is 6.08 Å². The van der Waals surface area contributed by atoms with E-state index in [9.17, 15) is 24.6 Å². The molecule has 7 atom stereocenters. The maximum atomic E-state index is 13.3. The van der Waals surface area contributed by atoms with Gasteiger partial charge in [0.05, 0.1) is 48.4 Å². The molecule has 0 bridgehead atoms. The molecule has 3 rings (SSSR count). The number of methoxy groups -OCH3 is 1. The number of hydrogen-bond donors (Lipinski definition) is 2. The van der Waals surface area contributed by atoms with Crippen LogP contribution in [-0.2, 0) is 23.8 Å². The highest BCUT2D eigenvalue weighted by molar-refractivity contribution is 5.89. The first-order valence-corrected chi connectivity index (χ1v) is 13.8. The molecule has 0 saturated carbocycles. The summed E-state index contributed by atoms with van der Waals surface area (Å²) in [6, 6.07) is 6.93. The molecule has 2 fully saturated rings. The zero-order chi connectivity index (χ0) is 29.1. The maximum Gasteiger partial charge on any atom is 0.337 e. The first-order chi connectivity index (χ1) is 18.2. The van der Waals surface area contributed by atoms with Gasteiger partial charge in [-0.2, -0.15) is 0 Å². The maximum absolute atomic E-state index is 13.3. The van der Waals surface area contributed by atoms with Crippen molar-refractivity contribution in [1.29, 1.82) is 0 Å². The van der Waals surface area contributed by atoms with Crippen molar-refractivity contribution < 1.29 is 38.8 Å². The van der Waals surface area contributed by atoms with Crippen LogP contribution in [0.5, 0.6) is 0 Å².